The Morgan fingerprint density at radius 3 is 2.37 bits per heavy atom. The van der Waals surface area contributed by atoms with Crippen molar-refractivity contribution in [1.82, 2.24) is 9.88 Å². The molecule has 0 spiro atoms. The highest BCUT2D eigenvalue weighted by molar-refractivity contribution is 5.96. The van der Waals surface area contributed by atoms with Gasteiger partial charge in [0, 0.05) is 17.4 Å². The number of amides is 1. The highest BCUT2D eigenvalue weighted by atomic mass is 16.5. The molecule has 162 valence electrons. The molecule has 1 aromatic carbocycles. The Bertz CT molecular complexity index is 879. The number of carbonyl (C=O) groups is 2. The van der Waals surface area contributed by atoms with Gasteiger partial charge >= 0.3 is 5.97 Å². The van der Waals surface area contributed by atoms with Crippen LogP contribution in [0.15, 0.2) is 30.3 Å². The highest BCUT2D eigenvalue weighted by Crippen LogP contribution is 2.32. The maximum atomic E-state index is 13.2. The maximum absolute atomic E-state index is 13.2. The van der Waals surface area contributed by atoms with E-state index in [1.807, 2.05) is 37.3 Å². The molecule has 1 aliphatic carbocycles. The second kappa shape index (κ2) is 9.83. The molecule has 3 rings (SSSR count). The Kier molecular flexibility index (Phi) is 7.19. The van der Waals surface area contributed by atoms with Crippen LogP contribution in [0.5, 0.6) is 5.75 Å². The van der Waals surface area contributed by atoms with Crippen LogP contribution < -0.4 is 10.1 Å². The minimum atomic E-state index is -0.478. The summed E-state index contributed by atoms with van der Waals surface area (Å²) >= 11 is 0. The summed E-state index contributed by atoms with van der Waals surface area (Å²) in [6, 6.07) is 9.31. The predicted molar refractivity (Wildman–Crippen MR) is 116 cm³/mol. The van der Waals surface area contributed by atoms with Crippen LogP contribution in [0.2, 0.25) is 0 Å². The third kappa shape index (κ3) is 4.86. The first-order chi connectivity index (χ1) is 14.4. The van der Waals surface area contributed by atoms with E-state index >= 15 is 0 Å². The molecular formula is C24H32N2O4. The third-order valence-corrected chi connectivity index (χ3v) is 6.09. The van der Waals surface area contributed by atoms with Crippen molar-refractivity contribution in [3.63, 3.8) is 0 Å². The van der Waals surface area contributed by atoms with Crippen LogP contribution in [0, 0.1) is 13.8 Å². The Labute approximate surface area is 178 Å². The molecule has 1 fully saturated rings. The molecule has 1 saturated carbocycles. The van der Waals surface area contributed by atoms with Gasteiger partial charge in [-0.05, 0) is 50.5 Å². The molecule has 1 aromatic heterocycles. The van der Waals surface area contributed by atoms with E-state index in [0.29, 0.717) is 11.6 Å². The number of aromatic nitrogens is 1. The minimum absolute atomic E-state index is 0.0654. The summed E-state index contributed by atoms with van der Waals surface area (Å²) in [5.41, 5.74) is 3.60. The number of methoxy groups -OCH3 is 2. The lowest BCUT2D eigenvalue weighted by molar-refractivity contribution is -0.141. The Morgan fingerprint density at radius 2 is 1.77 bits per heavy atom. The Hall–Kier alpha value is -2.76. The number of carbonyl (C=O) groups excluding carboxylic acids is 2. The van der Waals surface area contributed by atoms with Gasteiger partial charge in [0.25, 0.3) is 5.91 Å². The van der Waals surface area contributed by atoms with E-state index in [1.54, 1.807) is 7.11 Å². The van der Waals surface area contributed by atoms with Crippen LogP contribution in [0.4, 0.5) is 0 Å². The monoisotopic (exact) mass is 412 g/mol. The van der Waals surface area contributed by atoms with E-state index in [9.17, 15) is 9.59 Å². The van der Waals surface area contributed by atoms with Crippen molar-refractivity contribution in [3.05, 3.63) is 52.8 Å². The van der Waals surface area contributed by atoms with Crippen molar-refractivity contribution in [2.75, 3.05) is 14.2 Å². The predicted octanol–water partition coefficient (Wildman–Crippen LogP) is 4.65. The lowest BCUT2D eigenvalue weighted by Crippen LogP contribution is -2.31. The first-order valence-electron chi connectivity index (χ1n) is 10.6. The fraction of sp³-hybridized carbons (Fsp3) is 0.500. The number of rotatable bonds is 7. The molecule has 1 aliphatic rings. The molecule has 1 unspecified atom stereocenters. The number of benzene rings is 1. The van der Waals surface area contributed by atoms with E-state index in [0.717, 1.165) is 35.5 Å². The Balaban J connectivity index is 1.83. The molecule has 0 bridgehead atoms. The van der Waals surface area contributed by atoms with Gasteiger partial charge in [-0.25, -0.2) is 0 Å². The van der Waals surface area contributed by atoms with Crippen LogP contribution in [0.3, 0.4) is 0 Å². The number of ether oxygens (including phenoxy) is 2. The molecule has 2 aromatic rings. The summed E-state index contributed by atoms with van der Waals surface area (Å²) in [7, 11) is 2.96. The number of hydrogen-bond acceptors (Lipinski definition) is 4. The van der Waals surface area contributed by atoms with Gasteiger partial charge in [-0.1, -0.05) is 31.4 Å². The molecule has 0 aliphatic heterocycles. The zero-order chi connectivity index (χ0) is 21.7. The van der Waals surface area contributed by atoms with Crippen molar-refractivity contribution in [1.29, 1.82) is 0 Å². The number of nitrogens with one attached hydrogen (secondary N) is 1. The lowest BCUT2D eigenvalue weighted by atomic mass is 9.95. The molecule has 6 heteroatoms. The molecule has 0 saturated heterocycles. The normalized spacial score (nSPS) is 15.5. The molecule has 0 radical (unpaired) electrons. The molecule has 30 heavy (non-hydrogen) atoms. The average molecular weight is 413 g/mol. The summed E-state index contributed by atoms with van der Waals surface area (Å²) in [5, 5.41) is 3.04. The van der Waals surface area contributed by atoms with Gasteiger partial charge in [0.05, 0.1) is 32.2 Å². The quantitative estimate of drug-likeness (QED) is 0.672. The van der Waals surface area contributed by atoms with Crippen molar-refractivity contribution in [2.24, 2.45) is 0 Å². The zero-order valence-corrected chi connectivity index (χ0v) is 18.4. The lowest BCUT2D eigenvalue weighted by Gasteiger charge is -2.26. The average Bonchev–Trinajstić information content (AvgIpc) is 3.07. The number of nitrogens with zero attached hydrogens (tertiary/aromatic N) is 1. The standard InChI is InChI=1S/C24H32N2O4/c1-16-14-21(17(2)26(16)19-8-6-5-7-9-19)24(28)25-22(15-23(27)30-4)18-10-12-20(29-3)13-11-18/h10-14,19,22H,5-9,15H2,1-4H3,(H,25,28). The number of aryl methyl sites for hydroxylation is 1. The first kappa shape index (κ1) is 21.9. The van der Waals surface area contributed by atoms with Crippen LogP contribution in [0.25, 0.3) is 0 Å². The van der Waals surface area contributed by atoms with E-state index in [-0.39, 0.29) is 18.3 Å². The summed E-state index contributed by atoms with van der Waals surface area (Å²) in [6.07, 6.45) is 6.16. The molecular weight excluding hydrogens is 380 g/mol. The van der Waals surface area contributed by atoms with Crippen LogP contribution in [0.1, 0.15) is 77.9 Å². The van der Waals surface area contributed by atoms with E-state index < -0.39 is 6.04 Å². The van der Waals surface area contributed by atoms with Crippen molar-refractivity contribution in [2.45, 2.75) is 64.5 Å². The van der Waals surface area contributed by atoms with Crippen molar-refractivity contribution < 1.29 is 19.1 Å². The fourth-order valence-corrected chi connectivity index (χ4v) is 4.48. The van der Waals surface area contributed by atoms with Gasteiger partial charge in [0.15, 0.2) is 0 Å². The summed E-state index contributed by atoms with van der Waals surface area (Å²) < 4.78 is 12.4. The van der Waals surface area contributed by atoms with Gasteiger partial charge in [-0.3, -0.25) is 9.59 Å². The molecule has 1 atom stereocenters. The summed E-state index contributed by atoms with van der Waals surface area (Å²) in [4.78, 5) is 25.2. The maximum Gasteiger partial charge on any atom is 0.307 e. The highest BCUT2D eigenvalue weighted by Gasteiger charge is 2.25. The van der Waals surface area contributed by atoms with Crippen LogP contribution in [-0.2, 0) is 9.53 Å². The Morgan fingerprint density at radius 1 is 1.10 bits per heavy atom. The first-order valence-corrected chi connectivity index (χ1v) is 10.6. The topological polar surface area (TPSA) is 69.6 Å². The van der Waals surface area contributed by atoms with Gasteiger partial charge in [-0.2, -0.15) is 0 Å². The van der Waals surface area contributed by atoms with Gasteiger partial charge in [0.2, 0.25) is 0 Å². The van der Waals surface area contributed by atoms with E-state index in [2.05, 4.69) is 16.8 Å². The van der Waals surface area contributed by atoms with Crippen LogP contribution >= 0.6 is 0 Å². The van der Waals surface area contributed by atoms with Crippen molar-refractivity contribution >= 4 is 11.9 Å². The zero-order valence-electron chi connectivity index (χ0n) is 18.4. The van der Waals surface area contributed by atoms with Crippen molar-refractivity contribution in [3.8, 4) is 5.75 Å². The minimum Gasteiger partial charge on any atom is -0.497 e. The second-order valence-corrected chi connectivity index (χ2v) is 8.03. The van der Waals surface area contributed by atoms with E-state index in [4.69, 9.17) is 9.47 Å². The smallest absolute Gasteiger partial charge is 0.307 e. The number of esters is 1. The van der Waals surface area contributed by atoms with Gasteiger partial charge < -0.3 is 19.4 Å². The fourth-order valence-electron chi connectivity index (χ4n) is 4.48. The molecule has 1 heterocycles. The van der Waals surface area contributed by atoms with E-state index in [1.165, 1.54) is 26.4 Å². The number of hydrogen-bond donors (Lipinski definition) is 1. The molecule has 1 amide bonds. The molecule has 1 N–H and O–H groups in total. The SMILES string of the molecule is COC(=O)CC(NC(=O)c1cc(C)n(C2CCCCC2)c1C)c1ccc(OC)cc1. The second-order valence-electron chi connectivity index (χ2n) is 8.03. The van der Waals surface area contributed by atoms with Gasteiger partial charge in [0.1, 0.15) is 5.75 Å². The summed E-state index contributed by atoms with van der Waals surface area (Å²) in [6.45, 7) is 4.08. The van der Waals surface area contributed by atoms with Gasteiger partial charge in [-0.15, -0.1) is 0 Å². The molecule has 6 nitrogen and oxygen atoms in total. The largest absolute Gasteiger partial charge is 0.497 e. The third-order valence-electron chi connectivity index (χ3n) is 6.09. The summed E-state index contributed by atoms with van der Waals surface area (Å²) in [5.74, 6) is 0.177. The van der Waals surface area contributed by atoms with Crippen LogP contribution in [-0.4, -0.2) is 30.7 Å².